The van der Waals surface area contributed by atoms with Crippen LogP contribution in [0.1, 0.15) is 47.0 Å². The molecule has 0 amide bonds. The van der Waals surface area contributed by atoms with Gasteiger partial charge in [0.1, 0.15) is 0 Å². The fraction of sp³-hybridized carbons (Fsp3) is 0.867. The third-order valence-electron chi connectivity index (χ3n) is 5.83. The molecule has 2 saturated carbocycles. The van der Waals surface area contributed by atoms with Crippen LogP contribution in [-0.2, 0) is 0 Å². The van der Waals surface area contributed by atoms with Crippen molar-refractivity contribution in [3.63, 3.8) is 0 Å². The zero-order valence-corrected chi connectivity index (χ0v) is 10.6. The smallest absolute Gasteiger partial charge is 0.0135 e. The molecule has 3 aliphatic rings. The van der Waals surface area contributed by atoms with Crippen molar-refractivity contribution in [3.05, 3.63) is 11.6 Å². The second-order valence-corrected chi connectivity index (χ2v) is 6.69. The van der Waals surface area contributed by atoms with Gasteiger partial charge in [-0.2, -0.15) is 0 Å². The van der Waals surface area contributed by atoms with Gasteiger partial charge in [0.2, 0.25) is 0 Å². The molecule has 0 N–H and O–H groups in total. The molecule has 0 aromatic rings. The summed E-state index contributed by atoms with van der Waals surface area (Å²) in [6.07, 6.45) is 7.12. The number of rotatable bonds is 1. The molecule has 5 atom stereocenters. The second kappa shape index (κ2) is 2.90. The van der Waals surface area contributed by atoms with E-state index in [1.165, 1.54) is 19.3 Å². The summed E-state index contributed by atoms with van der Waals surface area (Å²) < 4.78 is 0. The normalized spacial score (nSPS) is 52.5. The Kier molecular flexibility index (Phi) is 1.92. The van der Waals surface area contributed by atoms with E-state index in [1.807, 2.05) is 0 Å². The lowest BCUT2D eigenvalue weighted by atomic mass is 9.62. The molecular weight excluding hydrogens is 180 g/mol. The number of hydrogen-bond donors (Lipinski definition) is 0. The van der Waals surface area contributed by atoms with Gasteiger partial charge in [-0.15, -0.1) is 0 Å². The van der Waals surface area contributed by atoms with Crippen LogP contribution < -0.4 is 0 Å². The van der Waals surface area contributed by atoms with Crippen LogP contribution in [0.4, 0.5) is 0 Å². The summed E-state index contributed by atoms with van der Waals surface area (Å²) in [5.41, 5.74) is 2.47. The molecule has 0 aliphatic heterocycles. The standard InChI is InChI=1S/C15H24/c1-9(2)12-6-5-11(4)15-8-14(15)10(3)7-13(12)15/h7,9,11-14H,5-6,8H2,1-4H3/t11-,12+,13?,14?,15?/m1/s1. The van der Waals surface area contributed by atoms with Crippen molar-refractivity contribution < 1.29 is 0 Å². The minimum atomic E-state index is 0.747. The predicted octanol–water partition coefficient (Wildman–Crippen LogP) is 4.27. The SMILES string of the molecule is CC1=CC2[C@H](C(C)C)CC[C@@H](C)C23CC13. The zero-order valence-electron chi connectivity index (χ0n) is 10.6. The molecule has 0 aromatic carbocycles. The van der Waals surface area contributed by atoms with Gasteiger partial charge in [0.15, 0.2) is 0 Å². The fourth-order valence-electron chi connectivity index (χ4n) is 4.84. The summed E-state index contributed by atoms with van der Waals surface area (Å²) in [4.78, 5) is 0. The molecule has 0 heterocycles. The summed E-state index contributed by atoms with van der Waals surface area (Å²) in [5.74, 6) is 4.76. The maximum Gasteiger partial charge on any atom is -0.0135 e. The molecule has 1 spiro atoms. The molecular formula is C15H24. The highest BCUT2D eigenvalue weighted by molar-refractivity contribution is 5.34. The van der Waals surface area contributed by atoms with Crippen LogP contribution in [0, 0.1) is 35.0 Å². The van der Waals surface area contributed by atoms with Crippen LogP contribution in [0.15, 0.2) is 11.6 Å². The third-order valence-corrected chi connectivity index (χ3v) is 5.83. The Morgan fingerprint density at radius 3 is 2.67 bits per heavy atom. The molecule has 0 saturated heterocycles. The minimum absolute atomic E-state index is 0.747. The van der Waals surface area contributed by atoms with Gasteiger partial charge in [-0.25, -0.2) is 0 Å². The van der Waals surface area contributed by atoms with E-state index in [-0.39, 0.29) is 0 Å². The molecule has 0 bridgehead atoms. The summed E-state index contributed by atoms with van der Waals surface area (Å²) in [6, 6.07) is 0. The quantitative estimate of drug-likeness (QED) is 0.559. The van der Waals surface area contributed by atoms with Crippen LogP contribution in [0.3, 0.4) is 0 Å². The summed E-state index contributed by atoms with van der Waals surface area (Å²) in [6.45, 7) is 9.73. The van der Waals surface area contributed by atoms with Crippen LogP contribution in [-0.4, -0.2) is 0 Å². The largest absolute Gasteiger partial charge is 0.0813 e. The summed E-state index contributed by atoms with van der Waals surface area (Å²) in [5, 5.41) is 0. The molecule has 15 heavy (non-hydrogen) atoms. The molecule has 0 aromatic heterocycles. The van der Waals surface area contributed by atoms with Gasteiger partial charge in [0.05, 0.1) is 0 Å². The lowest BCUT2D eigenvalue weighted by Crippen LogP contribution is -2.35. The first kappa shape index (κ1) is 9.93. The van der Waals surface area contributed by atoms with Crippen molar-refractivity contribution in [3.8, 4) is 0 Å². The van der Waals surface area contributed by atoms with Crippen molar-refractivity contribution in [2.75, 3.05) is 0 Å². The maximum absolute atomic E-state index is 2.65. The van der Waals surface area contributed by atoms with Crippen molar-refractivity contribution in [2.45, 2.75) is 47.0 Å². The van der Waals surface area contributed by atoms with Crippen molar-refractivity contribution in [1.82, 2.24) is 0 Å². The molecule has 3 unspecified atom stereocenters. The first-order chi connectivity index (χ1) is 7.07. The number of allylic oxidation sites excluding steroid dienone is 2. The lowest BCUT2D eigenvalue weighted by Gasteiger charge is -2.42. The highest BCUT2D eigenvalue weighted by Crippen LogP contribution is 2.74. The van der Waals surface area contributed by atoms with E-state index in [9.17, 15) is 0 Å². The van der Waals surface area contributed by atoms with Crippen LogP contribution in [0.25, 0.3) is 0 Å². The molecule has 0 heteroatoms. The maximum atomic E-state index is 2.65. The topological polar surface area (TPSA) is 0 Å². The van der Waals surface area contributed by atoms with E-state index < -0.39 is 0 Å². The van der Waals surface area contributed by atoms with Crippen molar-refractivity contribution in [1.29, 1.82) is 0 Å². The average Bonchev–Trinajstić information content (AvgIpc) is 2.83. The van der Waals surface area contributed by atoms with Gasteiger partial charge in [-0.3, -0.25) is 0 Å². The van der Waals surface area contributed by atoms with Gasteiger partial charge < -0.3 is 0 Å². The summed E-state index contributed by atoms with van der Waals surface area (Å²) in [7, 11) is 0. The Morgan fingerprint density at radius 1 is 1.33 bits per heavy atom. The van der Waals surface area contributed by atoms with E-state index in [1.54, 1.807) is 5.57 Å². The van der Waals surface area contributed by atoms with Crippen molar-refractivity contribution >= 4 is 0 Å². The van der Waals surface area contributed by atoms with E-state index >= 15 is 0 Å². The van der Waals surface area contributed by atoms with Gasteiger partial charge >= 0.3 is 0 Å². The first-order valence-corrected chi connectivity index (χ1v) is 6.75. The molecule has 0 nitrogen and oxygen atoms in total. The van der Waals surface area contributed by atoms with Crippen LogP contribution in [0.2, 0.25) is 0 Å². The fourth-order valence-corrected chi connectivity index (χ4v) is 4.84. The lowest BCUT2D eigenvalue weighted by molar-refractivity contribution is 0.0826. The number of hydrogen-bond acceptors (Lipinski definition) is 0. The molecule has 0 radical (unpaired) electrons. The monoisotopic (exact) mass is 204 g/mol. The Morgan fingerprint density at radius 2 is 2.07 bits per heavy atom. The minimum Gasteiger partial charge on any atom is -0.0813 e. The molecule has 84 valence electrons. The Balaban J connectivity index is 1.95. The van der Waals surface area contributed by atoms with E-state index in [0.717, 1.165) is 35.0 Å². The molecule has 3 rings (SSSR count). The molecule has 2 fully saturated rings. The Labute approximate surface area is 94.1 Å². The Bertz CT molecular complexity index is 312. The highest BCUT2D eigenvalue weighted by atomic mass is 14.7. The van der Waals surface area contributed by atoms with E-state index in [2.05, 4.69) is 33.8 Å². The van der Waals surface area contributed by atoms with Gasteiger partial charge in [0.25, 0.3) is 0 Å². The average molecular weight is 204 g/mol. The van der Waals surface area contributed by atoms with Crippen LogP contribution in [0.5, 0.6) is 0 Å². The zero-order chi connectivity index (χ0) is 10.8. The van der Waals surface area contributed by atoms with Crippen molar-refractivity contribution in [2.24, 2.45) is 35.0 Å². The third kappa shape index (κ3) is 1.09. The molecule has 3 aliphatic carbocycles. The van der Waals surface area contributed by atoms with Gasteiger partial charge in [-0.05, 0) is 61.2 Å². The van der Waals surface area contributed by atoms with Crippen LogP contribution >= 0.6 is 0 Å². The van der Waals surface area contributed by atoms with Gasteiger partial charge in [-0.1, -0.05) is 32.4 Å². The second-order valence-electron chi connectivity index (χ2n) is 6.69. The first-order valence-electron chi connectivity index (χ1n) is 6.75. The van der Waals surface area contributed by atoms with Gasteiger partial charge in [0, 0.05) is 0 Å². The van der Waals surface area contributed by atoms with E-state index in [0.29, 0.717) is 0 Å². The predicted molar refractivity (Wildman–Crippen MR) is 64.5 cm³/mol. The Hall–Kier alpha value is -0.260. The van der Waals surface area contributed by atoms with E-state index in [4.69, 9.17) is 0 Å². The highest BCUT2D eigenvalue weighted by Gasteiger charge is 2.67. The summed E-state index contributed by atoms with van der Waals surface area (Å²) >= 11 is 0.